The van der Waals surface area contributed by atoms with E-state index in [-0.39, 0.29) is 6.42 Å². The monoisotopic (exact) mass is 323 g/mol. The minimum Gasteiger partial charge on any atom is -0.481 e. The van der Waals surface area contributed by atoms with Crippen LogP contribution in [0.1, 0.15) is 16.7 Å². The molecule has 0 fully saturated rings. The molecule has 5 heteroatoms. The minimum atomic E-state index is -0.865. The zero-order valence-electron chi connectivity index (χ0n) is 11.3. The highest BCUT2D eigenvalue weighted by atomic mass is 35.5. The summed E-state index contributed by atoms with van der Waals surface area (Å²) < 4.78 is 0. The molecule has 0 unspecified atom stereocenters. The SMILES string of the molecule is O=C(O)Cc1ccccc1Nc1cccc(CCl)c1CCl. The second-order valence-corrected chi connectivity index (χ2v) is 5.10. The van der Waals surface area contributed by atoms with E-state index in [2.05, 4.69) is 5.32 Å². The van der Waals surface area contributed by atoms with Crippen LogP contribution in [-0.2, 0) is 23.0 Å². The van der Waals surface area contributed by atoms with Gasteiger partial charge in [0.2, 0.25) is 0 Å². The van der Waals surface area contributed by atoms with Crippen LogP contribution in [0.3, 0.4) is 0 Å². The summed E-state index contributed by atoms with van der Waals surface area (Å²) in [6.07, 6.45) is -0.0332. The molecule has 0 aliphatic rings. The predicted molar refractivity (Wildman–Crippen MR) is 86.6 cm³/mol. The number of hydrogen-bond donors (Lipinski definition) is 2. The Labute approximate surface area is 133 Å². The Bertz CT molecular complexity index is 644. The molecule has 0 heterocycles. The fourth-order valence-electron chi connectivity index (χ4n) is 2.14. The second-order valence-electron chi connectivity index (χ2n) is 4.56. The van der Waals surface area contributed by atoms with Gasteiger partial charge in [-0.15, -0.1) is 23.2 Å². The molecule has 0 aliphatic carbocycles. The smallest absolute Gasteiger partial charge is 0.307 e. The first-order chi connectivity index (χ1) is 10.2. The lowest BCUT2D eigenvalue weighted by molar-refractivity contribution is -0.136. The van der Waals surface area contributed by atoms with E-state index in [1.54, 1.807) is 6.07 Å². The lowest BCUT2D eigenvalue weighted by Gasteiger charge is -2.15. The molecule has 0 saturated carbocycles. The highest BCUT2D eigenvalue weighted by Gasteiger charge is 2.10. The number of carboxylic acid groups (broad SMARTS) is 1. The highest BCUT2D eigenvalue weighted by Crippen LogP contribution is 2.28. The van der Waals surface area contributed by atoms with E-state index < -0.39 is 5.97 Å². The van der Waals surface area contributed by atoms with E-state index >= 15 is 0 Å². The number of anilines is 2. The fraction of sp³-hybridized carbons (Fsp3) is 0.188. The van der Waals surface area contributed by atoms with Crippen LogP contribution in [0, 0.1) is 0 Å². The van der Waals surface area contributed by atoms with Gasteiger partial charge in [-0.1, -0.05) is 30.3 Å². The van der Waals surface area contributed by atoms with Crippen LogP contribution in [0.5, 0.6) is 0 Å². The van der Waals surface area contributed by atoms with Crippen LogP contribution < -0.4 is 5.32 Å². The third-order valence-electron chi connectivity index (χ3n) is 3.18. The van der Waals surface area contributed by atoms with Gasteiger partial charge in [0.1, 0.15) is 0 Å². The van der Waals surface area contributed by atoms with Crippen LogP contribution >= 0.6 is 23.2 Å². The minimum absolute atomic E-state index is 0.0332. The van der Waals surface area contributed by atoms with Crippen LogP contribution in [0.2, 0.25) is 0 Å². The molecule has 2 aromatic carbocycles. The Balaban J connectivity index is 2.36. The molecule has 0 atom stereocenters. The fourth-order valence-corrected chi connectivity index (χ4v) is 2.71. The molecule has 2 aromatic rings. The molecular weight excluding hydrogens is 309 g/mol. The number of benzene rings is 2. The van der Waals surface area contributed by atoms with Crippen molar-refractivity contribution in [1.82, 2.24) is 0 Å². The molecule has 3 nitrogen and oxygen atoms in total. The van der Waals surface area contributed by atoms with E-state index in [9.17, 15) is 4.79 Å². The average Bonchev–Trinajstić information content (AvgIpc) is 2.48. The molecule has 2 N–H and O–H groups in total. The van der Waals surface area contributed by atoms with Crippen molar-refractivity contribution < 1.29 is 9.90 Å². The predicted octanol–water partition coefficient (Wildman–Crippen LogP) is 4.53. The molecule has 0 radical (unpaired) electrons. The van der Waals surface area contributed by atoms with Gasteiger partial charge in [0.15, 0.2) is 0 Å². The Hall–Kier alpha value is -1.71. The van der Waals surface area contributed by atoms with E-state index in [0.717, 1.165) is 28.1 Å². The number of aliphatic carboxylic acids is 1. The third kappa shape index (κ3) is 3.90. The van der Waals surface area contributed by atoms with Crippen molar-refractivity contribution in [2.75, 3.05) is 5.32 Å². The van der Waals surface area contributed by atoms with Crippen molar-refractivity contribution in [2.45, 2.75) is 18.2 Å². The molecule has 21 heavy (non-hydrogen) atoms. The van der Waals surface area contributed by atoms with Crippen LogP contribution in [0.15, 0.2) is 42.5 Å². The van der Waals surface area contributed by atoms with Gasteiger partial charge in [0.25, 0.3) is 0 Å². The number of rotatable bonds is 6. The van der Waals surface area contributed by atoms with Gasteiger partial charge in [0, 0.05) is 23.1 Å². The highest BCUT2D eigenvalue weighted by molar-refractivity contribution is 6.19. The van der Waals surface area contributed by atoms with E-state index in [1.807, 2.05) is 36.4 Å². The molecule has 0 bridgehead atoms. The van der Waals surface area contributed by atoms with Crippen molar-refractivity contribution in [2.24, 2.45) is 0 Å². The summed E-state index contributed by atoms with van der Waals surface area (Å²) in [5.74, 6) is -0.142. The first-order valence-electron chi connectivity index (χ1n) is 6.45. The first kappa shape index (κ1) is 15.7. The molecule has 0 spiro atoms. The van der Waals surface area contributed by atoms with Crippen molar-refractivity contribution in [3.05, 3.63) is 59.2 Å². The second kappa shape index (κ2) is 7.34. The largest absolute Gasteiger partial charge is 0.481 e. The summed E-state index contributed by atoms with van der Waals surface area (Å²) in [5.41, 5.74) is 4.23. The van der Waals surface area contributed by atoms with Crippen molar-refractivity contribution >= 4 is 40.5 Å². The molecular formula is C16H15Cl2NO2. The van der Waals surface area contributed by atoms with Crippen molar-refractivity contribution in [1.29, 1.82) is 0 Å². The summed E-state index contributed by atoms with van der Waals surface area (Å²) >= 11 is 11.9. The van der Waals surface area contributed by atoms with Crippen LogP contribution in [-0.4, -0.2) is 11.1 Å². The zero-order chi connectivity index (χ0) is 15.2. The number of carboxylic acids is 1. The molecule has 0 saturated heterocycles. The van der Waals surface area contributed by atoms with Gasteiger partial charge in [0.05, 0.1) is 6.42 Å². The first-order valence-corrected chi connectivity index (χ1v) is 7.52. The number of hydrogen-bond acceptors (Lipinski definition) is 2. The maximum absolute atomic E-state index is 10.9. The summed E-state index contributed by atoms with van der Waals surface area (Å²) in [5, 5.41) is 12.2. The van der Waals surface area contributed by atoms with Crippen LogP contribution in [0.4, 0.5) is 11.4 Å². The van der Waals surface area contributed by atoms with Gasteiger partial charge >= 0.3 is 5.97 Å². The number of alkyl halides is 2. The van der Waals surface area contributed by atoms with Gasteiger partial charge in [-0.2, -0.15) is 0 Å². The summed E-state index contributed by atoms with van der Waals surface area (Å²) in [7, 11) is 0. The molecule has 2 rings (SSSR count). The maximum atomic E-state index is 10.9. The normalized spacial score (nSPS) is 10.4. The average molecular weight is 324 g/mol. The Kier molecular flexibility index (Phi) is 5.48. The van der Waals surface area contributed by atoms with Crippen molar-refractivity contribution in [3.63, 3.8) is 0 Å². The number of para-hydroxylation sites is 1. The molecule has 0 aliphatic heterocycles. The maximum Gasteiger partial charge on any atom is 0.307 e. The molecule has 0 aromatic heterocycles. The third-order valence-corrected chi connectivity index (χ3v) is 3.73. The topological polar surface area (TPSA) is 49.3 Å². The molecule has 0 amide bonds. The standard InChI is InChI=1S/C16H15Cl2NO2/c17-9-12-5-3-7-15(13(12)10-18)19-14-6-2-1-4-11(14)8-16(20)21/h1-7,19H,8-10H2,(H,20,21). The van der Waals surface area contributed by atoms with Crippen LogP contribution in [0.25, 0.3) is 0 Å². The summed E-state index contributed by atoms with van der Waals surface area (Å²) in [4.78, 5) is 10.9. The van der Waals surface area contributed by atoms with Gasteiger partial charge in [-0.05, 0) is 28.8 Å². The Morgan fingerprint density at radius 2 is 1.62 bits per heavy atom. The van der Waals surface area contributed by atoms with Crippen molar-refractivity contribution in [3.8, 4) is 0 Å². The van der Waals surface area contributed by atoms with E-state index in [0.29, 0.717) is 11.8 Å². The Morgan fingerprint density at radius 1 is 0.952 bits per heavy atom. The lowest BCUT2D eigenvalue weighted by atomic mass is 10.1. The van der Waals surface area contributed by atoms with Gasteiger partial charge < -0.3 is 10.4 Å². The summed E-state index contributed by atoms with van der Waals surface area (Å²) in [6, 6.07) is 13.1. The number of carbonyl (C=O) groups is 1. The van der Waals surface area contributed by atoms with Gasteiger partial charge in [-0.25, -0.2) is 0 Å². The zero-order valence-corrected chi connectivity index (χ0v) is 12.8. The number of nitrogens with one attached hydrogen (secondary N) is 1. The quantitative estimate of drug-likeness (QED) is 0.767. The lowest BCUT2D eigenvalue weighted by Crippen LogP contribution is -2.05. The Morgan fingerprint density at radius 3 is 2.29 bits per heavy atom. The number of halogens is 2. The molecule has 110 valence electrons. The van der Waals surface area contributed by atoms with E-state index in [4.69, 9.17) is 28.3 Å². The van der Waals surface area contributed by atoms with Gasteiger partial charge in [-0.3, -0.25) is 4.79 Å². The van der Waals surface area contributed by atoms with E-state index in [1.165, 1.54) is 0 Å². The summed E-state index contributed by atoms with van der Waals surface area (Å²) in [6.45, 7) is 0.